The Morgan fingerprint density at radius 2 is 1.86 bits per heavy atom. The first kappa shape index (κ1) is 36.1. The number of pyridine rings is 1. The maximum atomic E-state index is 13.9. The van der Waals surface area contributed by atoms with Crippen molar-refractivity contribution in [1.29, 1.82) is 0 Å². The van der Waals surface area contributed by atoms with Crippen LogP contribution in [0.1, 0.15) is 114 Å². The minimum Gasteiger partial charge on any atom is -0.496 e. The number of hydrogen-bond acceptors (Lipinski definition) is 9. The van der Waals surface area contributed by atoms with E-state index in [-0.39, 0.29) is 35.5 Å². The Labute approximate surface area is 306 Å². The average molecular weight is 734 g/mol. The molecule has 1 aromatic carbocycles. The number of methoxy groups -OCH3 is 1. The van der Waals surface area contributed by atoms with E-state index in [1.54, 1.807) is 18.4 Å². The van der Waals surface area contributed by atoms with Gasteiger partial charge in [0.05, 0.1) is 35.1 Å². The molecule has 9 nitrogen and oxygen atoms in total. The van der Waals surface area contributed by atoms with Crippen LogP contribution in [0, 0.1) is 30.1 Å². The second kappa shape index (κ2) is 14.6. The zero-order chi connectivity index (χ0) is 35.9. The molecule has 0 radical (unpaired) electrons. The van der Waals surface area contributed by atoms with Crippen LogP contribution in [0.4, 0.5) is 0 Å². The smallest absolute Gasteiger partial charge is 0.240 e. The molecule has 51 heavy (non-hydrogen) atoms. The predicted molar refractivity (Wildman–Crippen MR) is 201 cm³/mol. The Bertz CT molecular complexity index is 1930. The molecule has 3 fully saturated rings. The number of hydrogen-bond donors (Lipinski definition) is 1. The number of aromatic nitrogens is 2. The number of rotatable bonds is 8. The summed E-state index contributed by atoms with van der Waals surface area (Å²) >= 11 is 1.57. The third kappa shape index (κ3) is 7.61. The number of sulfonamides is 1. The third-order valence-corrected chi connectivity index (χ3v) is 14.4. The monoisotopic (exact) mass is 733 g/mol. The molecule has 0 spiro atoms. The van der Waals surface area contributed by atoms with Crippen LogP contribution >= 0.6 is 11.3 Å². The van der Waals surface area contributed by atoms with Gasteiger partial charge in [-0.15, -0.1) is 11.3 Å². The summed E-state index contributed by atoms with van der Waals surface area (Å²) in [7, 11) is -1.99. The summed E-state index contributed by atoms with van der Waals surface area (Å²) in [6.45, 7) is 6.26. The molecule has 274 valence electrons. The molecule has 2 aromatic heterocycles. The summed E-state index contributed by atoms with van der Waals surface area (Å²) < 4.78 is 40.7. The molecule has 3 saturated carbocycles. The Morgan fingerprint density at radius 1 is 1.06 bits per heavy atom. The van der Waals surface area contributed by atoms with Crippen molar-refractivity contribution in [2.45, 2.75) is 122 Å². The Hall–Kier alpha value is -3.31. The van der Waals surface area contributed by atoms with Crippen LogP contribution in [-0.2, 0) is 19.6 Å². The number of fused-ring (bicyclic) bond motifs is 3. The van der Waals surface area contributed by atoms with Gasteiger partial charge in [-0.25, -0.2) is 18.4 Å². The zero-order valence-corrected chi connectivity index (χ0v) is 31.9. The number of allylic oxidation sites excluding steroid dienone is 2. The van der Waals surface area contributed by atoms with Gasteiger partial charge < -0.3 is 9.47 Å². The first-order valence-corrected chi connectivity index (χ1v) is 21.3. The number of thiazole rings is 1. The fraction of sp³-hybridized carbons (Fsp3) is 0.600. The number of benzene rings is 1. The van der Waals surface area contributed by atoms with E-state index in [1.807, 2.05) is 25.1 Å². The van der Waals surface area contributed by atoms with Crippen LogP contribution in [-0.4, -0.2) is 48.5 Å². The van der Waals surface area contributed by atoms with Gasteiger partial charge in [0.25, 0.3) is 0 Å². The lowest BCUT2D eigenvalue weighted by atomic mass is 9.83. The average Bonchev–Trinajstić information content (AvgIpc) is 3.98. The Balaban J connectivity index is 1.17. The molecule has 0 aliphatic heterocycles. The number of carbonyl (C=O) groups is 2. The van der Waals surface area contributed by atoms with Crippen LogP contribution < -0.4 is 14.2 Å². The van der Waals surface area contributed by atoms with E-state index >= 15 is 0 Å². The van der Waals surface area contributed by atoms with Gasteiger partial charge in [-0.3, -0.25) is 14.3 Å². The second-order valence-corrected chi connectivity index (χ2v) is 18.5. The minimum atomic E-state index is -3.65. The zero-order valence-electron chi connectivity index (χ0n) is 30.3. The summed E-state index contributed by atoms with van der Waals surface area (Å²) in [6, 6.07) is 5.92. The van der Waals surface area contributed by atoms with Crippen LogP contribution in [0.3, 0.4) is 0 Å². The van der Waals surface area contributed by atoms with Gasteiger partial charge in [0, 0.05) is 34.7 Å². The molecular weight excluding hydrogens is 683 g/mol. The van der Waals surface area contributed by atoms with E-state index in [2.05, 4.69) is 36.1 Å². The van der Waals surface area contributed by atoms with Crippen LogP contribution in [0.25, 0.3) is 21.6 Å². The second-order valence-electron chi connectivity index (χ2n) is 15.6. The number of nitrogens with one attached hydrogen (secondary N) is 1. The standard InChI is InChI=1S/C40H51N3O6S2/c1-24(2)33-23-50-38(42-33)32-21-36(30-15-16-35(48-4)25(3)37(30)41-32)49-28-19-26-17-18-40(39(45)43-51(46,47)29-13-14-29)22-27(40)11-9-7-5-6-8-10-12-34(44)31(26)20-28/h9,11,15-16,21,23-24,26-29,31H,5-8,10,12-14,17-20,22H2,1-4H3,(H,43,45)/b11-9-/t26-,27?,28-,31-,40+/m1/s1. The van der Waals surface area contributed by atoms with Crippen LogP contribution in [0.2, 0.25) is 0 Å². The number of amides is 1. The van der Waals surface area contributed by atoms with Crippen molar-refractivity contribution in [1.82, 2.24) is 14.7 Å². The van der Waals surface area contributed by atoms with E-state index in [1.165, 1.54) is 0 Å². The molecule has 2 heterocycles. The number of ether oxygens (including phenoxy) is 2. The molecule has 5 atom stereocenters. The maximum Gasteiger partial charge on any atom is 0.240 e. The van der Waals surface area contributed by atoms with Gasteiger partial charge in [0.15, 0.2) is 0 Å². The van der Waals surface area contributed by atoms with Crippen molar-refractivity contribution in [3.05, 3.63) is 47.0 Å². The van der Waals surface area contributed by atoms with Crippen molar-refractivity contribution in [2.75, 3.05) is 7.11 Å². The Kier molecular flexibility index (Phi) is 10.3. The highest BCUT2D eigenvalue weighted by molar-refractivity contribution is 7.90. The molecule has 1 N–H and O–H groups in total. The summed E-state index contributed by atoms with van der Waals surface area (Å²) in [6.07, 6.45) is 14.0. The van der Waals surface area contributed by atoms with Gasteiger partial charge in [-0.05, 0) is 101 Å². The lowest BCUT2D eigenvalue weighted by Gasteiger charge is -2.22. The van der Waals surface area contributed by atoms with Crippen molar-refractivity contribution >= 4 is 44.0 Å². The summed E-state index contributed by atoms with van der Waals surface area (Å²) in [5.74, 6) is 1.59. The fourth-order valence-corrected chi connectivity index (χ4v) is 10.6. The van der Waals surface area contributed by atoms with E-state index in [0.29, 0.717) is 57.3 Å². The van der Waals surface area contributed by atoms with E-state index < -0.39 is 20.7 Å². The molecule has 4 aliphatic carbocycles. The van der Waals surface area contributed by atoms with Gasteiger partial charge in [0.2, 0.25) is 15.9 Å². The highest BCUT2D eigenvalue weighted by Crippen LogP contribution is 2.58. The number of aryl methyl sites for hydroxylation is 1. The predicted octanol–water partition coefficient (Wildman–Crippen LogP) is 8.45. The third-order valence-electron chi connectivity index (χ3n) is 11.7. The SMILES string of the molecule is COc1ccc2c(O[C@@H]3C[C@H]4CC[C@]5(C(=O)NS(=O)(=O)C6CC6)CC5/C=C\CCCCCCC(=O)[C@@H]4C3)cc(-c3nc(C(C)C)cs3)nc2c1C. The largest absolute Gasteiger partial charge is 0.496 e. The molecule has 7 rings (SSSR count). The molecule has 1 amide bonds. The lowest BCUT2D eigenvalue weighted by Crippen LogP contribution is -2.39. The molecule has 1 unspecified atom stereocenters. The molecule has 0 bridgehead atoms. The van der Waals surface area contributed by atoms with Crippen molar-refractivity contribution in [3.63, 3.8) is 0 Å². The summed E-state index contributed by atoms with van der Waals surface area (Å²) in [5.41, 5.74) is 2.75. The van der Waals surface area contributed by atoms with Gasteiger partial charge in [0.1, 0.15) is 28.0 Å². The van der Waals surface area contributed by atoms with Gasteiger partial charge in [-0.2, -0.15) is 0 Å². The number of Topliss-reactive ketones (excluding diaryl/α,β-unsaturated/α-hetero) is 1. The lowest BCUT2D eigenvalue weighted by molar-refractivity contribution is -0.125. The molecular formula is C40H51N3O6S2. The van der Waals surface area contributed by atoms with Gasteiger partial charge >= 0.3 is 0 Å². The fourth-order valence-electron chi connectivity index (χ4n) is 8.28. The van der Waals surface area contributed by atoms with E-state index in [4.69, 9.17) is 19.4 Å². The quantitative estimate of drug-likeness (QED) is 0.229. The van der Waals surface area contributed by atoms with E-state index in [0.717, 1.165) is 76.5 Å². The highest BCUT2D eigenvalue weighted by atomic mass is 32.2. The minimum absolute atomic E-state index is 0.0172. The molecule has 11 heteroatoms. The highest BCUT2D eigenvalue weighted by Gasteiger charge is 2.59. The van der Waals surface area contributed by atoms with E-state index in [9.17, 15) is 18.0 Å². The molecule has 0 saturated heterocycles. The normalized spacial score (nSPS) is 28.0. The Morgan fingerprint density at radius 3 is 2.61 bits per heavy atom. The number of ketones is 1. The molecule has 3 aromatic rings. The van der Waals surface area contributed by atoms with Crippen LogP contribution in [0.15, 0.2) is 35.7 Å². The van der Waals surface area contributed by atoms with Crippen molar-refractivity contribution in [2.24, 2.45) is 23.2 Å². The van der Waals surface area contributed by atoms with Crippen molar-refractivity contribution in [3.8, 4) is 22.2 Å². The van der Waals surface area contributed by atoms with Crippen LogP contribution in [0.5, 0.6) is 11.5 Å². The first-order valence-electron chi connectivity index (χ1n) is 18.9. The molecule has 4 aliphatic rings. The summed E-state index contributed by atoms with van der Waals surface area (Å²) in [5, 5.41) is 3.35. The topological polar surface area (TPSA) is 125 Å². The van der Waals surface area contributed by atoms with Crippen molar-refractivity contribution < 1.29 is 27.5 Å². The first-order chi connectivity index (χ1) is 24.5. The number of carbonyl (C=O) groups excluding carboxylic acids is 2. The summed E-state index contributed by atoms with van der Waals surface area (Å²) in [4.78, 5) is 37.5. The maximum absolute atomic E-state index is 13.9. The number of nitrogens with zero attached hydrogens (tertiary/aromatic N) is 2. The van der Waals surface area contributed by atoms with Gasteiger partial charge in [-0.1, -0.05) is 38.8 Å².